The average Bonchev–Trinajstić information content (AvgIpc) is 2.80. The van der Waals surface area contributed by atoms with E-state index in [1.54, 1.807) is 0 Å². The third kappa shape index (κ3) is 2.70. The van der Waals surface area contributed by atoms with Gasteiger partial charge in [0.25, 0.3) is 0 Å². The standard InChI is InChI=1S/C15H22N2/c1-4-8-16(9-5-1)10-11-17-12-14-6-2-3-7-15(14)13-17/h2-3,6-7H,1,4-5,8-13H2. The van der Waals surface area contributed by atoms with Gasteiger partial charge in [-0.1, -0.05) is 30.7 Å². The van der Waals surface area contributed by atoms with E-state index in [-0.39, 0.29) is 0 Å². The first-order chi connectivity index (χ1) is 8.42. The fourth-order valence-corrected chi connectivity index (χ4v) is 3.03. The summed E-state index contributed by atoms with van der Waals surface area (Å²) in [7, 11) is 0. The molecule has 0 radical (unpaired) electrons. The lowest BCUT2D eigenvalue weighted by Crippen LogP contribution is -2.36. The molecule has 1 fully saturated rings. The number of fused-ring (bicyclic) bond motifs is 1. The molecule has 0 saturated carbocycles. The van der Waals surface area contributed by atoms with Crippen molar-refractivity contribution < 1.29 is 0 Å². The summed E-state index contributed by atoms with van der Waals surface area (Å²) in [6, 6.07) is 8.87. The van der Waals surface area contributed by atoms with E-state index in [4.69, 9.17) is 0 Å². The summed E-state index contributed by atoms with van der Waals surface area (Å²) in [6.45, 7) is 7.44. The lowest BCUT2D eigenvalue weighted by molar-refractivity contribution is 0.182. The Hall–Kier alpha value is -0.860. The van der Waals surface area contributed by atoms with E-state index < -0.39 is 0 Å². The lowest BCUT2D eigenvalue weighted by atomic mass is 10.1. The van der Waals surface area contributed by atoms with E-state index in [0.717, 1.165) is 13.1 Å². The van der Waals surface area contributed by atoms with Crippen molar-refractivity contribution >= 4 is 0 Å². The maximum absolute atomic E-state index is 2.63. The summed E-state index contributed by atoms with van der Waals surface area (Å²) >= 11 is 0. The Labute approximate surface area is 104 Å². The molecule has 1 aromatic rings. The minimum atomic E-state index is 1.16. The van der Waals surface area contributed by atoms with Gasteiger partial charge in [0.2, 0.25) is 0 Å². The summed E-state index contributed by atoms with van der Waals surface area (Å²) in [5.74, 6) is 0. The summed E-state index contributed by atoms with van der Waals surface area (Å²) in [5, 5.41) is 0. The first kappa shape index (κ1) is 11.2. The summed E-state index contributed by atoms with van der Waals surface area (Å²) in [6.07, 6.45) is 4.24. The number of nitrogens with zero attached hydrogens (tertiary/aromatic N) is 2. The Balaban J connectivity index is 1.48. The molecule has 17 heavy (non-hydrogen) atoms. The molecule has 92 valence electrons. The van der Waals surface area contributed by atoms with E-state index in [2.05, 4.69) is 34.1 Å². The second-order valence-electron chi connectivity index (χ2n) is 5.38. The zero-order valence-corrected chi connectivity index (χ0v) is 10.6. The molecule has 0 N–H and O–H groups in total. The van der Waals surface area contributed by atoms with Crippen molar-refractivity contribution in [1.82, 2.24) is 9.80 Å². The fraction of sp³-hybridized carbons (Fsp3) is 0.600. The Morgan fingerprint density at radius 2 is 1.35 bits per heavy atom. The topological polar surface area (TPSA) is 6.48 Å². The molecule has 0 bridgehead atoms. The van der Waals surface area contributed by atoms with Crippen LogP contribution in [0.5, 0.6) is 0 Å². The fourth-order valence-electron chi connectivity index (χ4n) is 3.03. The molecule has 0 amide bonds. The number of piperidine rings is 1. The highest BCUT2D eigenvalue weighted by Crippen LogP contribution is 2.21. The number of rotatable bonds is 3. The Morgan fingerprint density at radius 1 is 0.765 bits per heavy atom. The second kappa shape index (κ2) is 5.19. The minimum absolute atomic E-state index is 1.16. The molecule has 0 atom stereocenters. The Morgan fingerprint density at radius 3 is 2.00 bits per heavy atom. The van der Waals surface area contributed by atoms with E-state index >= 15 is 0 Å². The first-order valence-corrected chi connectivity index (χ1v) is 6.93. The molecule has 1 aromatic carbocycles. The Bertz CT molecular complexity index is 344. The molecule has 0 spiro atoms. The monoisotopic (exact) mass is 230 g/mol. The van der Waals surface area contributed by atoms with Crippen LogP contribution in [0.15, 0.2) is 24.3 Å². The van der Waals surface area contributed by atoms with Crippen molar-refractivity contribution in [2.24, 2.45) is 0 Å². The lowest BCUT2D eigenvalue weighted by Gasteiger charge is -2.28. The minimum Gasteiger partial charge on any atom is -0.302 e. The van der Waals surface area contributed by atoms with Gasteiger partial charge < -0.3 is 4.90 Å². The maximum Gasteiger partial charge on any atom is 0.0241 e. The molecule has 2 heteroatoms. The smallest absolute Gasteiger partial charge is 0.0241 e. The number of hydrogen-bond donors (Lipinski definition) is 0. The molecule has 2 aliphatic rings. The van der Waals surface area contributed by atoms with Crippen molar-refractivity contribution in [3.8, 4) is 0 Å². The van der Waals surface area contributed by atoms with Gasteiger partial charge in [-0.15, -0.1) is 0 Å². The van der Waals surface area contributed by atoms with Crippen LogP contribution in [0, 0.1) is 0 Å². The van der Waals surface area contributed by atoms with Crippen LogP contribution in [0.4, 0.5) is 0 Å². The van der Waals surface area contributed by atoms with E-state index in [1.807, 2.05) is 0 Å². The third-order valence-corrected chi connectivity index (χ3v) is 4.09. The molecule has 2 nitrogen and oxygen atoms in total. The molecule has 0 aromatic heterocycles. The molecule has 2 aliphatic heterocycles. The quantitative estimate of drug-likeness (QED) is 0.787. The summed E-state index contributed by atoms with van der Waals surface area (Å²) in [4.78, 5) is 5.21. The van der Waals surface area contributed by atoms with Gasteiger partial charge in [-0.25, -0.2) is 0 Å². The first-order valence-electron chi connectivity index (χ1n) is 6.93. The van der Waals surface area contributed by atoms with Gasteiger partial charge in [-0.3, -0.25) is 4.90 Å². The summed E-state index contributed by atoms with van der Waals surface area (Å²) in [5.41, 5.74) is 3.07. The van der Waals surface area contributed by atoms with E-state index in [1.165, 1.54) is 56.6 Å². The molecule has 2 heterocycles. The average molecular weight is 230 g/mol. The van der Waals surface area contributed by atoms with Gasteiger partial charge in [0.05, 0.1) is 0 Å². The zero-order valence-electron chi connectivity index (χ0n) is 10.6. The number of likely N-dealkylation sites (tertiary alicyclic amines) is 1. The van der Waals surface area contributed by atoms with Gasteiger partial charge >= 0.3 is 0 Å². The van der Waals surface area contributed by atoms with Crippen LogP contribution >= 0.6 is 0 Å². The van der Waals surface area contributed by atoms with Crippen LogP contribution in [0.25, 0.3) is 0 Å². The van der Waals surface area contributed by atoms with Crippen molar-refractivity contribution in [3.63, 3.8) is 0 Å². The van der Waals surface area contributed by atoms with E-state index in [0.29, 0.717) is 0 Å². The largest absolute Gasteiger partial charge is 0.302 e. The van der Waals surface area contributed by atoms with Crippen LogP contribution in [0.3, 0.4) is 0 Å². The van der Waals surface area contributed by atoms with Crippen LogP contribution in [-0.4, -0.2) is 36.0 Å². The highest BCUT2D eigenvalue weighted by atomic mass is 15.2. The summed E-state index contributed by atoms with van der Waals surface area (Å²) < 4.78 is 0. The third-order valence-electron chi connectivity index (χ3n) is 4.09. The second-order valence-corrected chi connectivity index (χ2v) is 5.38. The predicted molar refractivity (Wildman–Crippen MR) is 70.8 cm³/mol. The van der Waals surface area contributed by atoms with Gasteiger partial charge in [0.15, 0.2) is 0 Å². The Kier molecular flexibility index (Phi) is 3.44. The molecular weight excluding hydrogens is 208 g/mol. The molecule has 0 unspecified atom stereocenters. The van der Waals surface area contributed by atoms with Crippen molar-refractivity contribution in [3.05, 3.63) is 35.4 Å². The highest BCUT2D eigenvalue weighted by molar-refractivity contribution is 5.30. The number of benzene rings is 1. The van der Waals surface area contributed by atoms with E-state index in [9.17, 15) is 0 Å². The van der Waals surface area contributed by atoms with Crippen molar-refractivity contribution in [1.29, 1.82) is 0 Å². The molecule has 3 rings (SSSR count). The number of hydrogen-bond acceptors (Lipinski definition) is 2. The molecule has 0 aliphatic carbocycles. The van der Waals surface area contributed by atoms with Gasteiger partial charge in [0.1, 0.15) is 0 Å². The molecular formula is C15H22N2. The van der Waals surface area contributed by atoms with Crippen LogP contribution < -0.4 is 0 Å². The van der Waals surface area contributed by atoms with Crippen molar-refractivity contribution in [2.45, 2.75) is 32.4 Å². The SMILES string of the molecule is c1ccc2c(c1)CN(CCN1CCCCC1)C2. The predicted octanol–water partition coefficient (Wildman–Crippen LogP) is 2.49. The zero-order chi connectivity index (χ0) is 11.5. The van der Waals surface area contributed by atoms with Crippen LogP contribution in [-0.2, 0) is 13.1 Å². The van der Waals surface area contributed by atoms with Gasteiger partial charge in [-0.2, -0.15) is 0 Å². The van der Waals surface area contributed by atoms with Crippen LogP contribution in [0.2, 0.25) is 0 Å². The maximum atomic E-state index is 2.63. The normalized spacial score (nSPS) is 21.6. The van der Waals surface area contributed by atoms with Crippen LogP contribution in [0.1, 0.15) is 30.4 Å². The molecule has 1 saturated heterocycles. The highest BCUT2D eigenvalue weighted by Gasteiger charge is 2.19. The van der Waals surface area contributed by atoms with Gasteiger partial charge in [0, 0.05) is 26.2 Å². The van der Waals surface area contributed by atoms with Crippen molar-refractivity contribution in [2.75, 3.05) is 26.2 Å². The van der Waals surface area contributed by atoms with Gasteiger partial charge in [-0.05, 0) is 37.1 Å².